The molecule has 0 saturated heterocycles. The van der Waals surface area contributed by atoms with Gasteiger partial charge in [0, 0.05) is 17.9 Å². The summed E-state index contributed by atoms with van der Waals surface area (Å²) in [4.78, 5) is -0.133. The van der Waals surface area contributed by atoms with E-state index in [2.05, 4.69) is 5.16 Å². The van der Waals surface area contributed by atoms with Gasteiger partial charge < -0.3 is 8.71 Å². The number of fused-ring (bicyclic) bond motifs is 1. The average Bonchev–Trinajstić information content (AvgIpc) is 3.05. The van der Waals surface area contributed by atoms with Crippen molar-refractivity contribution in [3.05, 3.63) is 89.9 Å². The van der Waals surface area contributed by atoms with E-state index in [0.29, 0.717) is 12.0 Å². The number of hydrogen-bond donors (Lipinski definition) is 0. The van der Waals surface area contributed by atoms with Crippen molar-refractivity contribution in [1.82, 2.24) is 5.16 Å². The van der Waals surface area contributed by atoms with Gasteiger partial charge in [0.15, 0.2) is 5.58 Å². The zero-order chi connectivity index (χ0) is 18.9. The zero-order valence-corrected chi connectivity index (χ0v) is 14.8. The number of aromatic nitrogens is 1. The van der Waals surface area contributed by atoms with Crippen molar-refractivity contribution in [3.8, 4) is 5.75 Å². The summed E-state index contributed by atoms with van der Waals surface area (Å²) in [5, 5.41) is 4.86. The molecule has 5 nitrogen and oxygen atoms in total. The minimum Gasteiger partial charge on any atom is -0.379 e. The fourth-order valence-corrected chi connectivity index (χ4v) is 3.64. The number of halogens is 1. The molecule has 0 aliphatic carbocycles. The number of rotatable bonds is 5. The summed E-state index contributed by atoms with van der Waals surface area (Å²) in [6, 6.07) is 19.0. The summed E-state index contributed by atoms with van der Waals surface area (Å²) in [7, 11) is -4.07. The Morgan fingerprint density at radius 1 is 0.963 bits per heavy atom. The monoisotopic (exact) mass is 383 g/mol. The number of benzene rings is 3. The maximum atomic E-state index is 13.0. The Morgan fingerprint density at radius 2 is 1.70 bits per heavy atom. The van der Waals surface area contributed by atoms with E-state index in [4.69, 9.17) is 8.71 Å². The van der Waals surface area contributed by atoms with Gasteiger partial charge in [-0.1, -0.05) is 35.5 Å². The second-order valence-electron chi connectivity index (χ2n) is 5.94. The molecule has 0 fully saturated rings. The molecule has 7 heteroatoms. The van der Waals surface area contributed by atoms with Crippen LogP contribution in [0.25, 0.3) is 11.0 Å². The SMILES string of the molecule is O=S(=O)(Oc1ccc2c(Cc3ccccc3)noc2c1)c1ccc(F)cc1. The highest BCUT2D eigenvalue weighted by atomic mass is 32.2. The first kappa shape index (κ1) is 17.2. The lowest BCUT2D eigenvalue weighted by Crippen LogP contribution is -2.09. The predicted molar refractivity (Wildman–Crippen MR) is 97.5 cm³/mol. The third-order valence-corrected chi connectivity index (χ3v) is 5.30. The van der Waals surface area contributed by atoms with Gasteiger partial charge in [-0.2, -0.15) is 8.42 Å². The standard InChI is InChI=1S/C20H14FNO4S/c21-15-6-9-17(10-7-15)27(23,24)26-16-8-11-18-19(22-25-20(18)13-16)12-14-4-2-1-3-5-14/h1-11,13H,12H2. The van der Waals surface area contributed by atoms with E-state index in [1.807, 2.05) is 30.3 Å². The predicted octanol–water partition coefficient (Wildman–Crippen LogP) is 4.33. The van der Waals surface area contributed by atoms with Crippen LogP contribution in [0.2, 0.25) is 0 Å². The van der Waals surface area contributed by atoms with Gasteiger partial charge in [-0.3, -0.25) is 0 Å². The smallest absolute Gasteiger partial charge is 0.339 e. The minimum atomic E-state index is -4.07. The molecule has 0 aliphatic heterocycles. The molecule has 136 valence electrons. The van der Waals surface area contributed by atoms with Crippen molar-refractivity contribution in [2.24, 2.45) is 0 Å². The minimum absolute atomic E-state index is 0.0919. The second-order valence-corrected chi connectivity index (χ2v) is 7.49. The Kier molecular flexibility index (Phi) is 4.37. The average molecular weight is 383 g/mol. The molecule has 0 spiro atoms. The van der Waals surface area contributed by atoms with Gasteiger partial charge in [-0.25, -0.2) is 4.39 Å². The van der Waals surface area contributed by atoms with Gasteiger partial charge in [-0.15, -0.1) is 0 Å². The van der Waals surface area contributed by atoms with Crippen LogP contribution in [0.4, 0.5) is 4.39 Å². The lowest BCUT2D eigenvalue weighted by atomic mass is 10.1. The van der Waals surface area contributed by atoms with Crippen LogP contribution in [0.3, 0.4) is 0 Å². The molecule has 27 heavy (non-hydrogen) atoms. The van der Waals surface area contributed by atoms with Crippen molar-refractivity contribution >= 4 is 21.1 Å². The van der Waals surface area contributed by atoms with Gasteiger partial charge in [-0.05, 0) is 42.0 Å². The molecule has 0 N–H and O–H groups in total. The summed E-state index contributed by atoms with van der Waals surface area (Å²) in [5.41, 5.74) is 2.27. The highest BCUT2D eigenvalue weighted by Gasteiger charge is 2.18. The van der Waals surface area contributed by atoms with Crippen LogP contribution in [0.1, 0.15) is 11.3 Å². The molecule has 0 atom stereocenters. The first-order valence-corrected chi connectivity index (χ1v) is 9.54. The van der Waals surface area contributed by atoms with E-state index in [0.717, 1.165) is 40.9 Å². The molecule has 0 radical (unpaired) electrons. The van der Waals surface area contributed by atoms with Gasteiger partial charge in [0.2, 0.25) is 0 Å². The summed E-state index contributed by atoms with van der Waals surface area (Å²) in [6.07, 6.45) is 0.599. The molecule has 4 rings (SSSR count). The largest absolute Gasteiger partial charge is 0.379 e. The molecule has 0 bridgehead atoms. The molecular weight excluding hydrogens is 369 g/mol. The van der Waals surface area contributed by atoms with Crippen molar-refractivity contribution in [1.29, 1.82) is 0 Å². The van der Waals surface area contributed by atoms with E-state index in [1.165, 1.54) is 12.1 Å². The van der Waals surface area contributed by atoms with E-state index >= 15 is 0 Å². The molecule has 0 amide bonds. The molecule has 0 aliphatic rings. The van der Waals surface area contributed by atoms with E-state index in [9.17, 15) is 12.8 Å². The van der Waals surface area contributed by atoms with Crippen molar-refractivity contribution < 1.29 is 21.5 Å². The molecule has 1 heterocycles. The molecule has 4 aromatic rings. The lowest BCUT2D eigenvalue weighted by Gasteiger charge is -2.06. The third kappa shape index (κ3) is 3.68. The van der Waals surface area contributed by atoms with Crippen molar-refractivity contribution in [2.75, 3.05) is 0 Å². The first-order valence-electron chi connectivity index (χ1n) is 8.13. The molecule has 1 aromatic heterocycles. The van der Waals surface area contributed by atoms with Gasteiger partial charge >= 0.3 is 10.1 Å². The number of nitrogens with zero attached hydrogens (tertiary/aromatic N) is 1. The van der Waals surface area contributed by atoms with Crippen molar-refractivity contribution in [3.63, 3.8) is 0 Å². The normalized spacial score (nSPS) is 11.6. The first-order chi connectivity index (χ1) is 13.0. The second kappa shape index (κ2) is 6.85. The Labute approximate surface area is 155 Å². The van der Waals surface area contributed by atoms with Crippen LogP contribution in [-0.4, -0.2) is 13.6 Å². The lowest BCUT2D eigenvalue weighted by molar-refractivity contribution is 0.446. The van der Waals surface area contributed by atoms with Crippen LogP contribution in [0, 0.1) is 5.82 Å². The van der Waals surface area contributed by atoms with Crippen LogP contribution in [0.15, 0.2) is 82.2 Å². The third-order valence-electron chi connectivity index (χ3n) is 4.04. The van der Waals surface area contributed by atoms with E-state index < -0.39 is 15.9 Å². The summed E-state index contributed by atoms with van der Waals surface area (Å²) in [5.74, 6) is -0.433. The van der Waals surface area contributed by atoms with E-state index in [1.54, 1.807) is 6.07 Å². The topological polar surface area (TPSA) is 69.4 Å². The van der Waals surface area contributed by atoms with Gasteiger partial charge in [0.25, 0.3) is 0 Å². The van der Waals surface area contributed by atoms with E-state index in [-0.39, 0.29) is 10.6 Å². The molecule has 3 aromatic carbocycles. The van der Waals surface area contributed by atoms with Crippen molar-refractivity contribution in [2.45, 2.75) is 11.3 Å². The quantitative estimate of drug-likeness (QED) is 0.480. The fourth-order valence-electron chi connectivity index (χ4n) is 2.71. The van der Waals surface area contributed by atoms with Crippen LogP contribution in [0.5, 0.6) is 5.75 Å². The fraction of sp³-hybridized carbons (Fsp3) is 0.0500. The Bertz CT molecular complexity index is 1190. The summed E-state index contributed by atoms with van der Waals surface area (Å²) < 4.78 is 48.0. The summed E-state index contributed by atoms with van der Waals surface area (Å²) >= 11 is 0. The maximum absolute atomic E-state index is 13.0. The Balaban J connectivity index is 1.60. The molecular formula is C20H14FNO4S. The highest BCUT2D eigenvalue weighted by Crippen LogP contribution is 2.27. The van der Waals surface area contributed by atoms with Gasteiger partial charge in [0.05, 0.1) is 5.69 Å². The van der Waals surface area contributed by atoms with Crippen LogP contribution < -0.4 is 4.18 Å². The molecule has 0 unspecified atom stereocenters. The highest BCUT2D eigenvalue weighted by molar-refractivity contribution is 7.87. The number of hydrogen-bond acceptors (Lipinski definition) is 5. The summed E-state index contributed by atoms with van der Waals surface area (Å²) in [6.45, 7) is 0. The maximum Gasteiger partial charge on any atom is 0.339 e. The van der Waals surface area contributed by atoms with Gasteiger partial charge in [0.1, 0.15) is 16.5 Å². The van der Waals surface area contributed by atoms with Crippen LogP contribution >= 0.6 is 0 Å². The Hall–Kier alpha value is -3.19. The Morgan fingerprint density at radius 3 is 2.44 bits per heavy atom. The van der Waals surface area contributed by atoms with Crippen LogP contribution in [-0.2, 0) is 16.5 Å². The zero-order valence-electron chi connectivity index (χ0n) is 14.0. The molecule has 0 saturated carbocycles.